The van der Waals surface area contributed by atoms with Gasteiger partial charge in [0.05, 0.1) is 13.3 Å². The Morgan fingerprint density at radius 1 is 1.10 bits per heavy atom. The van der Waals surface area contributed by atoms with E-state index in [0.29, 0.717) is 0 Å². The number of hydrogen-bond acceptors (Lipinski definition) is 1. The summed E-state index contributed by atoms with van der Waals surface area (Å²) in [5, 5.41) is 0. The van der Waals surface area contributed by atoms with E-state index in [1.165, 1.54) is 70.5 Å². The van der Waals surface area contributed by atoms with Crippen molar-refractivity contribution in [1.82, 2.24) is 0 Å². The third-order valence-electron chi connectivity index (χ3n) is 6.40. The molecule has 1 nitrogen and oxygen atoms in total. The summed E-state index contributed by atoms with van der Waals surface area (Å²) in [5.41, 5.74) is 4.35. The van der Waals surface area contributed by atoms with Crippen LogP contribution in [0.1, 0.15) is 71.1 Å². The second-order valence-electron chi connectivity index (χ2n) is 7.18. The van der Waals surface area contributed by atoms with Crippen molar-refractivity contribution in [3.63, 3.8) is 0 Å². The summed E-state index contributed by atoms with van der Waals surface area (Å²) in [7, 11) is 1.84. The van der Waals surface area contributed by atoms with Gasteiger partial charge in [-0.25, -0.2) is 0 Å². The Morgan fingerprint density at radius 2 is 1.70 bits per heavy atom. The van der Waals surface area contributed by atoms with Gasteiger partial charge in [-0.3, -0.25) is 0 Å². The lowest BCUT2D eigenvalue weighted by Gasteiger charge is -2.59. The Balaban J connectivity index is 2.21. The van der Waals surface area contributed by atoms with E-state index in [2.05, 4.69) is 19.2 Å². The monoisotopic (exact) mass is 275 g/mol. The topological polar surface area (TPSA) is 9.23 Å². The van der Waals surface area contributed by atoms with Crippen LogP contribution in [0.25, 0.3) is 0 Å². The highest BCUT2D eigenvalue weighted by Gasteiger charge is 2.46. The van der Waals surface area contributed by atoms with Gasteiger partial charge in [0, 0.05) is 0 Å². The van der Waals surface area contributed by atoms with Gasteiger partial charge in [0.2, 0.25) is 0 Å². The molecule has 0 aromatic rings. The first-order valence-electron chi connectivity index (χ1n) is 8.92. The van der Waals surface area contributed by atoms with Gasteiger partial charge in [0.15, 0.2) is 0 Å². The average molecular weight is 275 g/mol. The maximum absolute atomic E-state index is 5.81. The number of ether oxygens (including phenoxy) is 1. The van der Waals surface area contributed by atoms with Crippen molar-refractivity contribution in [3.8, 4) is 0 Å². The van der Waals surface area contributed by atoms with E-state index >= 15 is 0 Å². The predicted molar refractivity (Wildman–Crippen MR) is 89.6 cm³/mol. The van der Waals surface area contributed by atoms with Gasteiger partial charge in [0.1, 0.15) is 0 Å². The van der Waals surface area contributed by atoms with Crippen LogP contribution in [0.15, 0.2) is 18.0 Å². The fourth-order valence-corrected chi connectivity index (χ4v) is 5.57. The lowest BCUT2D eigenvalue weighted by Crippen LogP contribution is -2.51. The molecule has 0 spiro atoms. The first-order chi connectivity index (χ1) is 9.79. The minimum Gasteiger partial charge on any atom is -0.535 e. The predicted octanol–water partition coefficient (Wildman–Crippen LogP) is 5.98. The molecule has 0 N–H and O–H groups in total. The Hall–Kier alpha value is -0.615. The van der Waals surface area contributed by atoms with Crippen LogP contribution in [-0.4, -0.2) is 13.3 Å². The van der Waals surface area contributed by atoms with E-state index < -0.39 is 6.15 Å². The van der Waals surface area contributed by atoms with Crippen molar-refractivity contribution in [2.24, 2.45) is 0 Å². The molecule has 2 fully saturated rings. The van der Waals surface area contributed by atoms with Crippen LogP contribution in [0.3, 0.4) is 0 Å². The molecule has 2 heterocycles. The maximum atomic E-state index is 5.81. The zero-order valence-electron chi connectivity index (χ0n) is 13.6. The summed E-state index contributed by atoms with van der Waals surface area (Å²) >= 11 is 0. The molecular formula is C18H32BO-. The molecule has 0 saturated carbocycles. The number of methoxy groups -OCH3 is 1. The van der Waals surface area contributed by atoms with Gasteiger partial charge >= 0.3 is 0 Å². The zero-order valence-corrected chi connectivity index (χ0v) is 13.6. The summed E-state index contributed by atoms with van der Waals surface area (Å²) in [6.07, 6.45) is 14.8. The molecule has 0 aromatic carbocycles. The van der Waals surface area contributed by atoms with Crippen molar-refractivity contribution < 1.29 is 4.74 Å². The third kappa shape index (κ3) is 2.86. The second kappa shape index (κ2) is 7.41. The first kappa shape index (κ1) is 15.8. The quantitative estimate of drug-likeness (QED) is 0.240. The first-order valence-corrected chi connectivity index (χ1v) is 8.92. The standard InChI is InChI=1S/C18H32BO/c1-4-6-7-8-15-19(18(5-2)20-3)16-11-9-12-17(19)14-10-13-16/h16-17H,2,4,6-15H2,1,3H3/q-1. The lowest BCUT2D eigenvalue weighted by atomic mass is 9.07. The van der Waals surface area contributed by atoms with Crippen molar-refractivity contribution in [1.29, 1.82) is 0 Å². The second-order valence-corrected chi connectivity index (χ2v) is 7.18. The van der Waals surface area contributed by atoms with E-state index in [4.69, 9.17) is 4.74 Å². The number of hydrogen-bond donors (Lipinski definition) is 0. The van der Waals surface area contributed by atoms with E-state index in [1.54, 1.807) is 0 Å². The normalized spacial score (nSPS) is 32.5. The summed E-state index contributed by atoms with van der Waals surface area (Å²) in [6, 6.07) is 0. The summed E-state index contributed by atoms with van der Waals surface area (Å²) in [6.45, 7) is 6.24. The third-order valence-corrected chi connectivity index (χ3v) is 6.40. The van der Waals surface area contributed by atoms with Gasteiger partial charge < -0.3 is 4.74 Å². The van der Waals surface area contributed by atoms with Crippen LogP contribution in [0, 0.1) is 0 Å². The molecule has 2 aliphatic heterocycles. The summed E-state index contributed by atoms with van der Waals surface area (Å²) in [4.78, 5) is 0. The Morgan fingerprint density at radius 3 is 2.15 bits per heavy atom. The van der Waals surface area contributed by atoms with Crippen LogP contribution in [0.2, 0.25) is 18.0 Å². The van der Waals surface area contributed by atoms with Crippen molar-refractivity contribution in [2.45, 2.75) is 89.1 Å². The number of unbranched alkanes of at least 4 members (excludes halogenated alkanes) is 3. The molecule has 0 unspecified atom stereocenters. The van der Waals surface area contributed by atoms with Gasteiger partial charge in [-0.05, 0) is 5.66 Å². The Bertz CT molecular complexity index is 334. The molecule has 2 saturated heterocycles. The SMILES string of the molecule is C=C=C(OC)[B-]1(CCCCCC)C2CCCC1CCC2. The lowest BCUT2D eigenvalue weighted by molar-refractivity contribution is 0.301. The molecule has 2 aliphatic rings. The summed E-state index contributed by atoms with van der Waals surface area (Å²) < 4.78 is 5.81. The van der Waals surface area contributed by atoms with Gasteiger partial charge in [-0.2, -0.15) is 18.0 Å². The molecule has 0 atom stereocenters. The number of rotatable bonds is 7. The smallest absolute Gasteiger partial charge is 0.0835 e. The van der Waals surface area contributed by atoms with Crippen LogP contribution in [0.5, 0.6) is 0 Å². The van der Waals surface area contributed by atoms with Crippen molar-refractivity contribution >= 4 is 6.15 Å². The van der Waals surface area contributed by atoms with E-state index in [1.807, 2.05) is 7.11 Å². The molecule has 0 amide bonds. The summed E-state index contributed by atoms with van der Waals surface area (Å²) in [5.74, 6) is 1.77. The van der Waals surface area contributed by atoms with Crippen molar-refractivity contribution in [3.05, 3.63) is 18.0 Å². The Labute approximate surface area is 125 Å². The average Bonchev–Trinajstić information content (AvgIpc) is 2.44. The number of fused-ring (bicyclic) bond motifs is 2. The highest BCUT2D eigenvalue weighted by atomic mass is 16.5. The van der Waals surface area contributed by atoms with E-state index in [9.17, 15) is 0 Å². The highest BCUT2D eigenvalue weighted by molar-refractivity contribution is 6.88. The molecule has 0 radical (unpaired) electrons. The van der Waals surface area contributed by atoms with Crippen LogP contribution < -0.4 is 0 Å². The molecule has 0 aliphatic carbocycles. The maximum Gasteiger partial charge on any atom is 0.0835 e. The molecule has 20 heavy (non-hydrogen) atoms. The Kier molecular flexibility index (Phi) is 5.84. The molecule has 114 valence electrons. The van der Waals surface area contributed by atoms with E-state index in [0.717, 1.165) is 17.3 Å². The van der Waals surface area contributed by atoms with Gasteiger partial charge in [0.25, 0.3) is 0 Å². The molecule has 2 heteroatoms. The van der Waals surface area contributed by atoms with Crippen LogP contribution >= 0.6 is 0 Å². The highest BCUT2D eigenvalue weighted by Crippen LogP contribution is 2.58. The molecule has 0 aromatic heterocycles. The van der Waals surface area contributed by atoms with Crippen molar-refractivity contribution in [2.75, 3.05) is 7.11 Å². The van der Waals surface area contributed by atoms with Crippen LogP contribution in [-0.2, 0) is 4.74 Å². The minimum absolute atomic E-state index is 0.516. The minimum atomic E-state index is -0.516. The van der Waals surface area contributed by atoms with Crippen LogP contribution in [0.4, 0.5) is 0 Å². The van der Waals surface area contributed by atoms with Gasteiger partial charge in [-0.1, -0.05) is 77.7 Å². The zero-order chi connectivity index (χ0) is 14.4. The fourth-order valence-electron chi connectivity index (χ4n) is 5.57. The van der Waals surface area contributed by atoms with Gasteiger partial charge in [-0.15, -0.1) is 5.73 Å². The molecule has 2 rings (SSSR count). The fraction of sp³-hybridized carbons (Fsp3) is 0.833. The molecular weight excluding hydrogens is 243 g/mol. The molecule has 2 bridgehead atoms. The largest absolute Gasteiger partial charge is 0.535 e. The van der Waals surface area contributed by atoms with E-state index in [-0.39, 0.29) is 0 Å².